The van der Waals surface area contributed by atoms with Crippen molar-refractivity contribution in [1.29, 1.82) is 0 Å². The molecule has 0 aliphatic carbocycles. The molecule has 16 heavy (non-hydrogen) atoms. The summed E-state index contributed by atoms with van der Waals surface area (Å²) in [6.07, 6.45) is 4.07. The zero-order valence-corrected chi connectivity index (χ0v) is 11.4. The first-order chi connectivity index (χ1) is 7.67. The Morgan fingerprint density at radius 1 is 1.19 bits per heavy atom. The van der Waals surface area contributed by atoms with Gasteiger partial charge in [-0.3, -0.25) is 4.90 Å². The molecular formula is C12H18Cl2N2. The zero-order chi connectivity index (χ0) is 12.0. The quantitative estimate of drug-likeness (QED) is 0.719. The van der Waals surface area contributed by atoms with Crippen LogP contribution in [0.25, 0.3) is 0 Å². The molecule has 1 aromatic heterocycles. The van der Waals surface area contributed by atoms with Gasteiger partial charge in [0.25, 0.3) is 0 Å². The minimum Gasteiger partial charge on any atom is -0.299 e. The summed E-state index contributed by atoms with van der Waals surface area (Å²) in [5, 5.41) is 1.16. The number of hydrogen-bond donors (Lipinski definition) is 0. The maximum absolute atomic E-state index is 6.12. The Morgan fingerprint density at radius 2 is 1.81 bits per heavy atom. The molecule has 1 rings (SSSR count). The van der Waals surface area contributed by atoms with Gasteiger partial charge < -0.3 is 0 Å². The molecule has 0 bridgehead atoms. The van der Waals surface area contributed by atoms with Crippen molar-refractivity contribution in [2.45, 2.75) is 33.2 Å². The molecule has 0 N–H and O–H groups in total. The van der Waals surface area contributed by atoms with Crippen LogP contribution in [0.2, 0.25) is 10.2 Å². The van der Waals surface area contributed by atoms with E-state index in [1.807, 2.05) is 0 Å². The molecule has 0 radical (unpaired) electrons. The average Bonchev–Trinajstić information content (AvgIpc) is 2.23. The lowest BCUT2D eigenvalue weighted by Crippen LogP contribution is -2.25. The number of nitrogens with zero attached hydrogens (tertiary/aromatic N) is 2. The van der Waals surface area contributed by atoms with E-state index in [9.17, 15) is 0 Å². The molecule has 0 atom stereocenters. The highest BCUT2D eigenvalue weighted by Crippen LogP contribution is 2.20. The third-order valence-corrected chi connectivity index (χ3v) is 2.93. The van der Waals surface area contributed by atoms with Gasteiger partial charge in [-0.25, -0.2) is 4.98 Å². The first-order valence-electron chi connectivity index (χ1n) is 5.69. The fourth-order valence-electron chi connectivity index (χ4n) is 1.70. The van der Waals surface area contributed by atoms with Gasteiger partial charge in [-0.15, -0.1) is 0 Å². The predicted molar refractivity (Wildman–Crippen MR) is 70.1 cm³/mol. The van der Waals surface area contributed by atoms with E-state index in [1.54, 1.807) is 12.3 Å². The summed E-state index contributed by atoms with van der Waals surface area (Å²) in [7, 11) is 0. The third kappa shape index (κ3) is 4.28. The number of halogens is 2. The fraction of sp³-hybridized carbons (Fsp3) is 0.583. The van der Waals surface area contributed by atoms with E-state index in [4.69, 9.17) is 23.2 Å². The highest BCUT2D eigenvalue weighted by atomic mass is 35.5. The van der Waals surface area contributed by atoms with Crippen LogP contribution in [0.5, 0.6) is 0 Å². The molecule has 0 saturated carbocycles. The van der Waals surface area contributed by atoms with Crippen LogP contribution in [-0.2, 0) is 6.54 Å². The molecule has 0 spiro atoms. The van der Waals surface area contributed by atoms with Gasteiger partial charge in [-0.1, -0.05) is 37.0 Å². The van der Waals surface area contributed by atoms with Crippen LogP contribution in [0, 0.1) is 0 Å². The Balaban J connectivity index is 2.68. The lowest BCUT2D eigenvalue weighted by atomic mass is 10.2. The molecule has 0 saturated heterocycles. The molecular weight excluding hydrogens is 243 g/mol. The van der Waals surface area contributed by atoms with Crippen molar-refractivity contribution in [2.75, 3.05) is 13.1 Å². The van der Waals surface area contributed by atoms with Gasteiger partial charge in [0.05, 0.1) is 0 Å². The molecule has 0 fully saturated rings. The summed E-state index contributed by atoms with van der Waals surface area (Å²) in [5.41, 5.74) is 1.05. The lowest BCUT2D eigenvalue weighted by Gasteiger charge is -2.21. The molecule has 0 unspecified atom stereocenters. The van der Waals surface area contributed by atoms with Crippen LogP contribution in [0.15, 0.2) is 12.3 Å². The zero-order valence-electron chi connectivity index (χ0n) is 9.84. The SMILES string of the molecule is CCCN(CCC)Cc1cnc(Cl)cc1Cl. The van der Waals surface area contributed by atoms with E-state index < -0.39 is 0 Å². The summed E-state index contributed by atoms with van der Waals surface area (Å²) in [5.74, 6) is 0. The van der Waals surface area contributed by atoms with Crippen molar-refractivity contribution >= 4 is 23.2 Å². The molecule has 1 aromatic rings. The summed E-state index contributed by atoms with van der Waals surface area (Å²) >= 11 is 11.9. The summed E-state index contributed by atoms with van der Waals surface area (Å²) in [6, 6.07) is 1.70. The van der Waals surface area contributed by atoms with Gasteiger partial charge in [-0.05, 0) is 32.0 Å². The van der Waals surface area contributed by atoms with Gasteiger partial charge in [0, 0.05) is 23.3 Å². The second kappa shape index (κ2) is 7.10. The van der Waals surface area contributed by atoms with Gasteiger partial charge in [0.1, 0.15) is 5.15 Å². The van der Waals surface area contributed by atoms with Crippen LogP contribution in [0.3, 0.4) is 0 Å². The maximum Gasteiger partial charge on any atom is 0.130 e. The van der Waals surface area contributed by atoms with Crippen molar-refractivity contribution in [3.8, 4) is 0 Å². The van der Waals surface area contributed by atoms with Crippen molar-refractivity contribution in [2.24, 2.45) is 0 Å². The van der Waals surface area contributed by atoms with Crippen molar-refractivity contribution in [3.05, 3.63) is 28.0 Å². The molecule has 1 heterocycles. The summed E-state index contributed by atoms with van der Waals surface area (Å²) < 4.78 is 0. The highest BCUT2D eigenvalue weighted by molar-refractivity contribution is 6.34. The van der Waals surface area contributed by atoms with Crippen molar-refractivity contribution in [3.63, 3.8) is 0 Å². The summed E-state index contributed by atoms with van der Waals surface area (Å²) in [6.45, 7) is 7.40. The first-order valence-corrected chi connectivity index (χ1v) is 6.45. The number of rotatable bonds is 6. The average molecular weight is 261 g/mol. The number of hydrogen-bond acceptors (Lipinski definition) is 2. The van der Waals surface area contributed by atoms with Gasteiger partial charge in [-0.2, -0.15) is 0 Å². The van der Waals surface area contributed by atoms with Crippen molar-refractivity contribution < 1.29 is 0 Å². The largest absolute Gasteiger partial charge is 0.299 e. The molecule has 90 valence electrons. The monoisotopic (exact) mass is 260 g/mol. The van der Waals surface area contributed by atoms with Gasteiger partial charge >= 0.3 is 0 Å². The Morgan fingerprint density at radius 3 is 2.31 bits per heavy atom. The van der Waals surface area contributed by atoms with Crippen molar-refractivity contribution in [1.82, 2.24) is 9.88 Å². The minimum atomic E-state index is 0.450. The van der Waals surface area contributed by atoms with E-state index in [-0.39, 0.29) is 0 Å². The molecule has 0 aromatic carbocycles. The maximum atomic E-state index is 6.12. The van der Waals surface area contributed by atoms with Crippen LogP contribution in [0.4, 0.5) is 0 Å². The number of aromatic nitrogens is 1. The Hall–Kier alpha value is -0.310. The Kier molecular flexibility index (Phi) is 6.10. The molecule has 0 aliphatic rings. The van der Waals surface area contributed by atoms with E-state index in [1.165, 1.54) is 0 Å². The molecule has 0 amide bonds. The molecule has 0 aliphatic heterocycles. The summed E-state index contributed by atoms with van der Waals surface area (Å²) in [4.78, 5) is 6.45. The number of pyridine rings is 1. The first kappa shape index (κ1) is 13.8. The highest BCUT2D eigenvalue weighted by Gasteiger charge is 2.08. The van der Waals surface area contributed by atoms with E-state index in [0.717, 1.165) is 38.0 Å². The standard InChI is InChI=1S/C12H18Cl2N2/c1-3-5-16(6-4-2)9-10-8-15-12(14)7-11(10)13/h7-8H,3-6,9H2,1-2H3. The van der Waals surface area contributed by atoms with E-state index in [0.29, 0.717) is 10.2 Å². The second-order valence-corrected chi connectivity index (χ2v) is 4.67. The third-order valence-electron chi connectivity index (χ3n) is 2.37. The Labute approximate surface area is 108 Å². The van der Waals surface area contributed by atoms with E-state index >= 15 is 0 Å². The second-order valence-electron chi connectivity index (χ2n) is 3.87. The van der Waals surface area contributed by atoms with Gasteiger partial charge in [0.15, 0.2) is 0 Å². The smallest absolute Gasteiger partial charge is 0.130 e. The Bertz CT molecular complexity index is 323. The minimum absolute atomic E-state index is 0.450. The van der Waals surface area contributed by atoms with Crippen LogP contribution in [0.1, 0.15) is 32.3 Å². The molecule has 4 heteroatoms. The lowest BCUT2D eigenvalue weighted by molar-refractivity contribution is 0.266. The normalized spacial score (nSPS) is 11.1. The van der Waals surface area contributed by atoms with E-state index in [2.05, 4.69) is 23.7 Å². The van der Waals surface area contributed by atoms with Crippen LogP contribution >= 0.6 is 23.2 Å². The topological polar surface area (TPSA) is 16.1 Å². The predicted octanol–water partition coefficient (Wildman–Crippen LogP) is 4.01. The van der Waals surface area contributed by atoms with Gasteiger partial charge in [0.2, 0.25) is 0 Å². The molecule has 2 nitrogen and oxygen atoms in total. The van der Waals surface area contributed by atoms with Crippen LogP contribution < -0.4 is 0 Å². The fourth-order valence-corrected chi connectivity index (χ4v) is 2.12. The van der Waals surface area contributed by atoms with Crippen LogP contribution in [-0.4, -0.2) is 23.0 Å².